The maximum absolute atomic E-state index is 12.3. The topological polar surface area (TPSA) is 50.2 Å². The van der Waals surface area contributed by atoms with Crippen LogP contribution in [0.2, 0.25) is 0 Å². The number of aromatic nitrogens is 2. The molecule has 2 heterocycles. The average Bonchev–Trinajstić information content (AvgIpc) is 3.01. The summed E-state index contributed by atoms with van der Waals surface area (Å²) in [4.78, 5) is 18.9. The molecule has 1 aliphatic carbocycles. The Bertz CT molecular complexity index is 492. The highest BCUT2D eigenvalue weighted by Crippen LogP contribution is 2.34. The molecular weight excluding hydrogens is 252 g/mol. The van der Waals surface area contributed by atoms with Crippen molar-refractivity contribution in [1.82, 2.24) is 19.8 Å². The van der Waals surface area contributed by atoms with Gasteiger partial charge in [-0.15, -0.1) is 0 Å². The van der Waals surface area contributed by atoms with E-state index < -0.39 is 0 Å². The third-order valence-corrected chi connectivity index (χ3v) is 4.49. The van der Waals surface area contributed by atoms with Gasteiger partial charge in [-0.3, -0.25) is 9.69 Å². The van der Waals surface area contributed by atoms with Crippen LogP contribution in [-0.2, 0) is 0 Å². The van der Waals surface area contributed by atoms with Crippen molar-refractivity contribution in [3.05, 3.63) is 18.2 Å². The molecule has 2 fully saturated rings. The first-order valence-corrected chi connectivity index (χ1v) is 7.63. The van der Waals surface area contributed by atoms with Crippen molar-refractivity contribution in [1.29, 1.82) is 0 Å². The zero-order valence-electron chi connectivity index (χ0n) is 12.5. The largest absolute Gasteiger partial charge is 0.346 e. The predicted molar refractivity (Wildman–Crippen MR) is 77.6 cm³/mol. The number of nitrogens with one attached hydrogen (secondary N) is 1. The minimum Gasteiger partial charge on any atom is -0.346 e. The Morgan fingerprint density at radius 3 is 2.75 bits per heavy atom. The van der Waals surface area contributed by atoms with Crippen LogP contribution in [0.4, 0.5) is 0 Å². The van der Waals surface area contributed by atoms with Crippen molar-refractivity contribution in [3.8, 4) is 0 Å². The van der Waals surface area contributed by atoms with Gasteiger partial charge in [-0.1, -0.05) is 6.92 Å². The van der Waals surface area contributed by atoms with Crippen LogP contribution in [0.25, 0.3) is 0 Å². The first-order valence-electron chi connectivity index (χ1n) is 7.63. The van der Waals surface area contributed by atoms with E-state index in [1.54, 1.807) is 6.33 Å². The molecule has 3 rings (SSSR count). The number of carbonyl (C=O) groups excluding carboxylic acids is 1. The van der Waals surface area contributed by atoms with Crippen LogP contribution in [0.5, 0.6) is 0 Å². The molecule has 110 valence electrons. The molecule has 1 saturated heterocycles. The van der Waals surface area contributed by atoms with Gasteiger partial charge in [0.15, 0.2) is 0 Å². The summed E-state index contributed by atoms with van der Waals surface area (Å²) in [6.45, 7) is 8.60. The summed E-state index contributed by atoms with van der Waals surface area (Å²) in [5.41, 5.74) is 0.548. The summed E-state index contributed by atoms with van der Waals surface area (Å²) in [6.07, 6.45) is 6.08. The number of amides is 1. The summed E-state index contributed by atoms with van der Waals surface area (Å²) >= 11 is 0. The fraction of sp³-hybridized carbons (Fsp3) is 0.733. The van der Waals surface area contributed by atoms with E-state index >= 15 is 0 Å². The Hall–Kier alpha value is -1.36. The standard InChI is InChI=1S/C15H24N4O/c1-10(2)18-6-11(3)13(7-18)17-15(20)14-8-19(9-16-14)12-4-5-12/h8-13H,4-7H2,1-3H3,(H,17,20). The Labute approximate surface area is 120 Å². The molecule has 2 atom stereocenters. The number of nitrogens with zero attached hydrogens (tertiary/aromatic N) is 3. The van der Waals surface area contributed by atoms with E-state index in [0.717, 1.165) is 13.1 Å². The highest BCUT2D eigenvalue weighted by molar-refractivity contribution is 5.92. The number of likely N-dealkylation sites (tertiary alicyclic amines) is 1. The normalized spacial score (nSPS) is 27.2. The number of carbonyl (C=O) groups is 1. The lowest BCUT2D eigenvalue weighted by Gasteiger charge is -2.20. The minimum atomic E-state index is -0.0353. The van der Waals surface area contributed by atoms with Gasteiger partial charge in [0.05, 0.1) is 6.33 Å². The molecule has 1 saturated carbocycles. The highest BCUT2D eigenvalue weighted by atomic mass is 16.2. The molecule has 0 aromatic carbocycles. The van der Waals surface area contributed by atoms with Gasteiger partial charge in [0.1, 0.15) is 5.69 Å². The van der Waals surface area contributed by atoms with E-state index in [2.05, 4.69) is 40.5 Å². The second-order valence-electron chi connectivity index (χ2n) is 6.54. The van der Waals surface area contributed by atoms with E-state index in [1.165, 1.54) is 12.8 Å². The molecule has 0 radical (unpaired) electrons. The lowest BCUT2D eigenvalue weighted by molar-refractivity contribution is 0.0926. The van der Waals surface area contributed by atoms with Gasteiger partial charge >= 0.3 is 0 Å². The number of hydrogen-bond acceptors (Lipinski definition) is 3. The van der Waals surface area contributed by atoms with Crippen LogP contribution in [0.3, 0.4) is 0 Å². The van der Waals surface area contributed by atoms with E-state index in [0.29, 0.717) is 23.7 Å². The lowest BCUT2D eigenvalue weighted by Crippen LogP contribution is -2.40. The second kappa shape index (κ2) is 5.20. The summed E-state index contributed by atoms with van der Waals surface area (Å²) in [6, 6.07) is 1.34. The monoisotopic (exact) mass is 276 g/mol. The first kappa shape index (κ1) is 13.6. The van der Waals surface area contributed by atoms with Crippen molar-refractivity contribution < 1.29 is 4.79 Å². The molecule has 20 heavy (non-hydrogen) atoms. The van der Waals surface area contributed by atoms with Crippen molar-refractivity contribution >= 4 is 5.91 Å². The van der Waals surface area contributed by atoms with Gasteiger partial charge in [0, 0.05) is 37.4 Å². The molecule has 5 heteroatoms. The average molecular weight is 276 g/mol. The predicted octanol–water partition coefficient (Wildman–Crippen LogP) is 1.68. The van der Waals surface area contributed by atoms with Crippen LogP contribution in [0.15, 0.2) is 12.5 Å². The molecule has 5 nitrogen and oxygen atoms in total. The molecule has 2 aliphatic rings. The van der Waals surface area contributed by atoms with E-state index in [1.807, 2.05) is 6.20 Å². The van der Waals surface area contributed by atoms with Gasteiger partial charge in [0.25, 0.3) is 5.91 Å². The Balaban J connectivity index is 1.60. The van der Waals surface area contributed by atoms with Crippen LogP contribution >= 0.6 is 0 Å². The molecular formula is C15H24N4O. The Kier molecular flexibility index (Phi) is 3.54. The summed E-state index contributed by atoms with van der Waals surface area (Å²) in [5.74, 6) is 0.457. The van der Waals surface area contributed by atoms with E-state index in [4.69, 9.17) is 0 Å². The zero-order valence-corrected chi connectivity index (χ0v) is 12.5. The van der Waals surface area contributed by atoms with Gasteiger partial charge in [-0.25, -0.2) is 4.98 Å². The minimum absolute atomic E-state index is 0.0353. The van der Waals surface area contributed by atoms with Crippen LogP contribution in [0, 0.1) is 5.92 Å². The smallest absolute Gasteiger partial charge is 0.271 e. The molecule has 1 aromatic heterocycles. The SMILES string of the molecule is CC1CN(C(C)C)CC1NC(=O)c1cn(C2CC2)cn1. The quantitative estimate of drug-likeness (QED) is 0.910. The zero-order chi connectivity index (χ0) is 14.3. The summed E-state index contributed by atoms with van der Waals surface area (Å²) < 4.78 is 2.06. The van der Waals surface area contributed by atoms with Gasteiger partial charge in [0.2, 0.25) is 0 Å². The lowest BCUT2D eigenvalue weighted by atomic mass is 10.1. The van der Waals surface area contributed by atoms with Crippen molar-refractivity contribution in [2.75, 3.05) is 13.1 Å². The molecule has 0 spiro atoms. The van der Waals surface area contributed by atoms with Crippen molar-refractivity contribution in [2.24, 2.45) is 5.92 Å². The first-order chi connectivity index (χ1) is 9.54. The number of rotatable bonds is 4. The maximum atomic E-state index is 12.3. The summed E-state index contributed by atoms with van der Waals surface area (Å²) in [5, 5.41) is 3.15. The van der Waals surface area contributed by atoms with Crippen molar-refractivity contribution in [3.63, 3.8) is 0 Å². The number of imidazole rings is 1. The molecule has 1 aliphatic heterocycles. The fourth-order valence-electron chi connectivity index (χ4n) is 2.88. The van der Waals surface area contributed by atoms with Gasteiger partial charge in [-0.2, -0.15) is 0 Å². The summed E-state index contributed by atoms with van der Waals surface area (Å²) in [7, 11) is 0. The highest BCUT2D eigenvalue weighted by Gasteiger charge is 2.32. The third kappa shape index (κ3) is 2.73. The third-order valence-electron chi connectivity index (χ3n) is 4.49. The van der Waals surface area contributed by atoms with Gasteiger partial charge < -0.3 is 9.88 Å². The van der Waals surface area contributed by atoms with Gasteiger partial charge in [-0.05, 0) is 32.6 Å². The van der Waals surface area contributed by atoms with Crippen LogP contribution in [0.1, 0.15) is 50.1 Å². The van der Waals surface area contributed by atoms with Crippen LogP contribution < -0.4 is 5.32 Å². The van der Waals surface area contributed by atoms with Crippen molar-refractivity contribution in [2.45, 2.75) is 51.7 Å². The fourth-order valence-corrected chi connectivity index (χ4v) is 2.88. The molecule has 0 bridgehead atoms. The molecule has 1 aromatic rings. The number of hydrogen-bond donors (Lipinski definition) is 1. The van der Waals surface area contributed by atoms with E-state index in [-0.39, 0.29) is 11.9 Å². The Morgan fingerprint density at radius 1 is 1.40 bits per heavy atom. The van der Waals surface area contributed by atoms with E-state index in [9.17, 15) is 4.79 Å². The second-order valence-corrected chi connectivity index (χ2v) is 6.54. The molecule has 2 unspecified atom stereocenters. The maximum Gasteiger partial charge on any atom is 0.271 e. The van der Waals surface area contributed by atoms with Crippen LogP contribution in [-0.4, -0.2) is 45.5 Å². The molecule has 1 amide bonds. The molecule has 1 N–H and O–H groups in total. The Morgan fingerprint density at radius 2 is 2.15 bits per heavy atom.